The van der Waals surface area contributed by atoms with Crippen molar-refractivity contribution in [2.24, 2.45) is 0 Å². The lowest BCUT2D eigenvalue weighted by molar-refractivity contribution is 0.0303. The molecule has 0 radical (unpaired) electrons. The van der Waals surface area contributed by atoms with Crippen LogP contribution in [-0.4, -0.2) is 62.3 Å². The van der Waals surface area contributed by atoms with Crippen LogP contribution in [-0.2, 0) is 4.74 Å². The second-order valence-corrected chi connectivity index (χ2v) is 7.39. The average molecular weight is 464 g/mol. The maximum Gasteiger partial charge on any atom is 0.257 e. The summed E-state index contributed by atoms with van der Waals surface area (Å²) in [5.41, 5.74) is 1.21. The second-order valence-electron chi connectivity index (χ2n) is 6.58. The molecule has 164 valence electrons. The summed E-state index contributed by atoms with van der Waals surface area (Å²) in [5.74, 6) is 0.373. The number of ether oxygens (including phenoxy) is 3. The zero-order valence-corrected chi connectivity index (χ0v) is 18.6. The maximum absolute atomic E-state index is 12.7. The highest BCUT2D eigenvalue weighted by atomic mass is 35.5. The Hall–Kier alpha value is -2.88. The fourth-order valence-corrected chi connectivity index (χ4v) is 3.38. The normalized spacial score (nSPS) is 13.3. The third-order valence-corrected chi connectivity index (χ3v) is 5.17. The van der Waals surface area contributed by atoms with Gasteiger partial charge in [0.25, 0.3) is 11.8 Å². The third-order valence-electron chi connectivity index (χ3n) is 4.63. The van der Waals surface area contributed by atoms with Gasteiger partial charge >= 0.3 is 0 Å². The molecular formula is C21H22ClN3O5S. The highest BCUT2D eigenvalue weighted by Crippen LogP contribution is 2.28. The van der Waals surface area contributed by atoms with E-state index in [1.54, 1.807) is 41.3 Å². The van der Waals surface area contributed by atoms with Gasteiger partial charge in [-0.15, -0.1) is 0 Å². The number of hydrogen-bond acceptors (Lipinski definition) is 6. The average Bonchev–Trinajstić information content (AvgIpc) is 2.80. The fraction of sp³-hybridized carbons (Fsp3) is 0.286. The van der Waals surface area contributed by atoms with Gasteiger partial charge in [-0.1, -0.05) is 11.6 Å². The molecule has 2 amide bonds. The van der Waals surface area contributed by atoms with E-state index in [-0.39, 0.29) is 11.0 Å². The van der Waals surface area contributed by atoms with Gasteiger partial charge in [0.05, 0.1) is 38.1 Å². The summed E-state index contributed by atoms with van der Waals surface area (Å²) >= 11 is 11.5. The van der Waals surface area contributed by atoms with Crippen molar-refractivity contribution in [3.63, 3.8) is 0 Å². The molecule has 2 aromatic carbocycles. The topological polar surface area (TPSA) is 89.1 Å². The molecule has 1 heterocycles. The van der Waals surface area contributed by atoms with Gasteiger partial charge in [0.15, 0.2) is 16.6 Å². The molecule has 0 bridgehead atoms. The molecule has 8 nitrogen and oxygen atoms in total. The minimum absolute atomic E-state index is 0.0395. The summed E-state index contributed by atoms with van der Waals surface area (Å²) in [5, 5.41) is 5.87. The minimum atomic E-state index is -0.435. The first kappa shape index (κ1) is 22.8. The van der Waals surface area contributed by atoms with Crippen molar-refractivity contribution in [3.8, 4) is 11.5 Å². The predicted octanol–water partition coefficient (Wildman–Crippen LogP) is 2.96. The van der Waals surface area contributed by atoms with Crippen molar-refractivity contribution < 1.29 is 23.8 Å². The lowest BCUT2D eigenvalue weighted by atomic mass is 10.1. The molecule has 0 aromatic heterocycles. The Kier molecular flexibility index (Phi) is 7.67. The number of thiocarbonyl (C=S) groups is 1. The van der Waals surface area contributed by atoms with Crippen LogP contribution < -0.4 is 20.1 Å². The van der Waals surface area contributed by atoms with E-state index in [0.29, 0.717) is 59.6 Å². The van der Waals surface area contributed by atoms with Gasteiger partial charge in [0.1, 0.15) is 0 Å². The van der Waals surface area contributed by atoms with Crippen LogP contribution in [0, 0.1) is 0 Å². The van der Waals surface area contributed by atoms with Crippen molar-refractivity contribution in [2.75, 3.05) is 45.8 Å². The molecule has 1 aliphatic rings. The molecule has 10 heteroatoms. The predicted molar refractivity (Wildman–Crippen MR) is 121 cm³/mol. The zero-order valence-electron chi connectivity index (χ0n) is 17.1. The van der Waals surface area contributed by atoms with E-state index in [4.69, 9.17) is 38.0 Å². The SMILES string of the molecule is COc1ccc(C(=O)NC(=S)Nc2cc(C(=O)N3CCOCC3)ccc2Cl)cc1OC. The van der Waals surface area contributed by atoms with Gasteiger partial charge in [-0.3, -0.25) is 14.9 Å². The molecule has 1 saturated heterocycles. The van der Waals surface area contributed by atoms with Gasteiger partial charge < -0.3 is 24.4 Å². The molecule has 3 rings (SSSR count). The Morgan fingerprint density at radius 2 is 1.71 bits per heavy atom. The summed E-state index contributed by atoms with van der Waals surface area (Å²) < 4.78 is 15.7. The lowest BCUT2D eigenvalue weighted by Crippen LogP contribution is -2.40. The first-order valence-corrected chi connectivity index (χ1v) is 10.2. The Morgan fingerprint density at radius 3 is 2.39 bits per heavy atom. The summed E-state index contributed by atoms with van der Waals surface area (Å²) in [6.45, 7) is 2.08. The van der Waals surface area contributed by atoms with Crippen LogP contribution in [0.5, 0.6) is 11.5 Å². The van der Waals surface area contributed by atoms with Crippen molar-refractivity contribution in [1.82, 2.24) is 10.2 Å². The monoisotopic (exact) mass is 463 g/mol. The number of rotatable bonds is 5. The van der Waals surface area contributed by atoms with E-state index in [2.05, 4.69) is 10.6 Å². The molecule has 0 unspecified atom stereocenters. The number of halogens is 1. The number of methoxy groups -OCH3 is 2. The molecule has 2 N–H and O–H groups in total. The number of hydrogen-bond donors (Lipinski definition) is 2. The van der Waals surface area contributed by atoms with E-state index in [1.807, 2.05) is 0 Å². The van der Waals surface area contributed by atoms with Gasteiger partial charge in [-0.05, 0) is 48.6 Å². The summed E-state index contributed by atoms with van der Waals surface area (Å²) in [6, 6.07) is 9.63. The molecular weight excluding hydrogens is 442 g/mol. The molecule has 0 saturated carbocycles. The third kappa shape index (κ3) is 5.63. The number of morpholine rings is 1. The zero-order chi connectivity index (χ0) is 22.4. The number of nitrogens with zero attached hydrogens (tertiary/aromatic N) is 1. The van der Waals surface area contributed by atoms with Crippen molar-refractivity contribution in [1.29, 1.82) is 0 Å². The lowest BCUT2D eigenvalue weighted by Gasteiger charge is -2.27. The highest BCUT2D eigenvalue weighted by Gasteiger charge is 2.20. The molecule has 0 atom stereocenters. The molecule has 1 aliphatic heterocycles. The van der Waals surface area contributed by atoms with Crippen LogP contribution in [0.15, 0.2) is 36.4 Å². The van der Waals surface area contributed by atoms with Crippen LogP contribution in [0.25, 0.3) is 0 Å². The summed E-state index contributed by atoms with van der Waals surface area (Å²) in [4.78, 5) is 27.0. The quantitative estimate of drug-likeness (QED) is 0.659. The fourth-order valence-electron chi connectivity index (χ4n) is 3.01. The van der Waals surface area contributed by atoms with Crippen LogP contribution >= 0.6 is 23.8 Å². The molecule has 2 aromatic rings. The number of nitrogens with one attached hydrogen (secondary N) is 2. The second kappa shape index (κ2) is 10.4. The minimum Gasteiger partial charge on any atom is -0.493 e. The van der Waals surface area contributed by atoms with Crippen molar-refractivity contribution in [3.05, 3.63) is 52.5 Å². The van der Waals surface area contributed by atoms with E-state index in [0.717, 1.165) is 0 Å². The standard InChI is InChI=1S/C21H22ClN3O5S/c1-28-17-6-4-13(12-18(17)29-2)19(26)24-21(31)23-16-11-14(3-5-15(16)22)20(27)25-7-9-30-10-8-25/h3-6,11-12H,7-10H2,1-2H3,(H2,23,24,26,31). The van der Waals surface area contributed by atoms with Crippen molar-refractivity contribution >= 4 is 46.4 Å². The maximum atomic E-state index is 12.7. The molecule has 0 spiro atoms. The van der Waals surface area contributed by atoms with Crippen LogP contribution in [0.2, 0.25) is 5.02 Å². The largest absolute Gasteiger partial charge is 0.493 e. The van der Waals surface area contributed by atoms with E-state index < -0.39 is 5.91 Å². The molecule has 1 fully saturated rings. The number of carbonyl (C=O) groups is 2. The molecule has 0 aliphatic carbocycles. The number of benzene rings is 2. The van der Waals surface area contributed by atoms with Crippen molar-refractivity contribution in [2.45, 2.75) is 0 Å². The Bertz CT molecular complexity index is 995. The first-order valence-electron chi connectivity index (χ1n) is 9.44. The van der Waals surface area contributed by atoms with Gasteiger partial charge in [0.2, 0.25) is 0 Å². The summed E-state index contributed by atoms with van der Waals surface area (Å²) in [6.07, 6.45) is 0. The van der Waals surface area contributed by atoms with E-state index in [1.165, 1.54) is 14.2 Å². The van der Waals surface area contributed by atoms with Crippen LogP contribution in [0.4, 0.5) is 5.69 Å². The van der Waals surface area contributed by atoms with Gasteiger partial charge in [0, 0.05) is 24.2 Å². The van der Waals surface area contributed by atoms with Gasteiger partial charge in [-0.25, -0.2) is 0 Å². The first-order chi connectivity index (χ1) is 14.9. The molecule has 31 heavy (non-hydrogen) atoms. The van der Waals surface area contributed by atoms with Crippen LogP contribution in [0.3, 0.4) is 0 Å². The highest BCUT2D eigenvalue weighted by molar-refractivity contribution is 7.80. The number of anilines is 1. The summed E-state index contributed by atoms with van der Waals surface area (Å²) in [7, 11) is 3.00. The Labute approximate surface area is 190 Å². The Morgan fingerprint density at radius 1 is 1.03 bits per heavy atom. The van der Waals surface area contributed by atoms with E-state index in [9.17, 15) is 9.59 Å². The van der Waals surface area contributed by atoms with E-state index >= 15 is 0 Å². The smallest absolute Gasteiger partial charge is 0.257 e. The number of carbonyl (C=O) groups excluding carboxylic acids is 2. The number of amides is 2. The van der Waals surface area contributed by atoms with Crippen LogP contribution in [0.1, 0.15) is 20.7 Å². The Balaban J connectivity index is 1.68. The van der Waals surface area contributed by atoms with Gasteiger partial charge in [-0.2, -0.15) is 0 Å².